The van der Waals surface area contributed by atoms with Gasteiger partial charge in [0.1, 0.15) is 17.6 Å². The Hall–Kier alpha value is -4.38. The van der Waals surface area contributed by atoms with Crippen molar-refractivity contribution >= 4 is 23.3 Å². The predicted octanol–water partition coefficient (Wildman–Crippen LogP) is 3.57. The Bertz CT molecular complexity index is 1220. The summed E-state index contributed by atoms with van der Waals surface area (Å²) in [6.07, 6.45) is 2.42. The highest BCUT2D eigenvalue weighted by atomic mass is 16.5. The number of amides is 2. The molecular weight excluding hydrogens is 430 g/mol. The van der Waals surface area contributed by atoms with Gasteiger partial charge in [0.2, 0.25) is 0 Å². The Morgan fingerprint density at radius 2 is 1.79 bits per heavy atom. The summed E-state index contributed by atoms with van der Waals surface area (Å²) in [4.78, 5) is 34.4. The van der Waals surface area contributed by atoms with Crippen molar-refractivity contribution in [1.29, 1.82) is 5.26 Å². The Kier molecular flexibility index (Phi) is 7.04. The number of methoxy groups -OCH3 is 1. The molecule has 0 radical (unpaired) electrons. The molecule has 8 nitrogen and oxygen atoms in total. The van der Waals surface area contributed by atoms with Gasteiger partial charge < -0.3 is 19.9 Å². The molecule has 3 aromatic rings. The molecule has 172 valence electrons. The molecule has 2 heterocycles. The Morgan fingerprint density at radius 3 is 2.56 bits per heavy atom. The van der Waals surface area contributed by atoms with Crippen LogP contribution in [0, 0.1) is 11.3 Å². The van der Waals surface area contributed by atoms with E-state index in [9.17, 15) is 14.9 Å². The topological polar surface area (TPSA) is 98.6 Å². The lowest BCUT2D eigenvalue weighted by Gasteiger charge is -2.24. The van der Waals surface area contributed by atoms with E-state index in [2.05, 4.69) is 16.4 Å². The highest BCUT2D eigenvalue weighted by Gasteiger charge is 2.24. The van der Waals surface area contributed by atoms with Crippen LogP contribution < -0.4 is 15.0 Å². The molecule has 1 aromatic heterocycles. The summed E-state index contributed by atoms with van der Waals surface area (Å²) < 4.78 is 5.14. The van der Waals surface area contributed by atoms with Gasteiger partial charge >= 0.3 is 0 Å². The first kappa shape index (κ1) is 22.8. The fraction of sp³-hybridized carbons (Fsp3) is 0.231. The van der Waals surface area contributed by atoms with Crippen LogP contribution in [-0.4, -0.2) is 55.0 Å². The van der Waals surface area contributed by atoms with Crippen LogP contribution in [0.15, 0.2) is 66.9 Å². The monoisotopic (exact) mass is 455 g/mol. The molecule has 0 unspecified atom stereocenters. The highest BCUT2D eigenvalue weighted by molar-refractivity contribution is 6.09. The zero-order chi connectivity index (χ0) is 23.9. The fourth-order valence-electron chi connectivity index (χ4n) is 3.95. The first-order valence-electron chi connectivity index (χ1n) is 11.0. The van der Waals surface area contributed by atoms with Crippen LogP contribution >= 0.6 is 0 Å². The summed E-state index contributed by atoms with van der Waals surface area (Å²) in [6.45, 7) is 2.33. The molecule has 4 rings (SSSR count). The number of nitrogens with zero attached hydrogens (tertiary/aromatic N) is 4. The second-order valence-corrected chi connectivity index (χ2v) is 7.85. The van der Waals surface area contributed by atoms with E-state index in [4.69, 9.17) is 4.74 Å². The fourth-order valence-corrected chi connectivity index (χ4v) is 3.95. The van der Waals surface area contributed by atoms with Crippen LogP contribution in [0.5, 0.6) is 5.75 Å². The zero-order valence-electron chi connectivity index (χ0n) is 18.9. The molecule has 1 N–H and O–H groups in total. The van der Waals surface area contributed by atoms with Crippen LogP contribution in [0.3, 0.4) is 0 Å². The van der Waals surface area contributed by atoms with E-state index >= 15 is 0 Å². The maximum atomic E-state index is 13.4. The third kappa shape index (κ3) is 4.99. The van der Waals surface area contributed by atoms with Gasteiger partial charge in [-0.25, -0.2) is 4.98 Å². The lowest BCUT2D eigenvalue weighted by Crippen LogP contribution is -2.36. The van der Waals surface area contributed by atoms with Gasteiger partial charge in [-0.2, -0.15) is 5.26 Å². The molecule has 2 amide bonds. The second-order valence-electron chi connectivity index (χ2n) is 7.85. The lowest BCUT2D eigenvalue weighted by molar-refractivity contribution is 0.0768. The van der Waals surface area contributed by atoms with Crippen LogP contribution in [-0.2, 0) is 0 Å². The van der Waals surface area contributed by atoms with Crippen molar-refractivity contribution in [2.75, 3.05) is 43.5 Å². The van der Waals surface area contributed by atoms with E-state index in [1.54, 1.807) is 78.9 Å². The van der Waals surface area contributed by atoms with E-state index in [0.29, 0.717) is 60.1 Å². The van der Waals surface area contributed by atoms with E-state index in [1.807, 2.05) is 4.90 Å². The van der Waals surface area contributed by atoms with Gasteiger partial charge in [0.15, 0.2) is 0 Å². The molecule has 1 aliphatic rings. The highest BCUT2D eigenvalue weighted by Crippen LogP contribution is 2.22. The molecule has 0 bridgehead atoms. The van der Waals surface area contributed by atoms with Crippen LogP contribution in [0.1, 0.15) is 32.7 Å². The van der Waals surface area contributed by atoms with Crippen LogP contribution in [0.2, 0.25) is 0 Å². The number of nitriles is 1. The average molecular weight is 456 g/mol. The van der Waals surface area contributed by atoms with Crippen molar-refractivity contribution in [2.24, 2.45) is 0 Å². The third-order valence-corrected chi connectivity index (χ3v) is 5.75. The van der Waals surface area contributed by atoms with Crippen molar-refractivity contribution in [2.45, 2.75) is 6.42 Å². The third-order valence-electron chi connectivity index (χ3n) is 5.75. The maximum Gasteiger partial charge on any atom is 0.256 e. The first-order chi connectivity index (χ1) is 16.6. The molecule has 34 heavy (non-hydrogen) atoms. The van der Waals surface area contributed by atoms with Gasteiger partial charge in [-0.3, -0.25) is 9.59 Å². The number of aromatic nitrogens is 1. The van der Waals surface area contributed by atoms with E-state index in [1.165, 1.54) is 0 Å². The smallest absolute Gasteiger partial charge is 0.256 e. The summed E-state index contributed by atoms with van der Waals surface area (Å²) >= 11 is 0. The summed E-state index contributed by atoms with van der Waals surface area (Å²) in [5.74, 6) is 0.861. The van der Waals surface area contributed by atoms with Gasteiger partial charge in [-0.05, 0) is 55.0 Å². The minimum Gasteiger partial charge on any atom is -0.497 e. The summed E-state index contributed by atoms with van der Waals surface area (Å²) in [5.41, 5.74) is 1.89. The minimum atomic E-state index is -0.302. The molecule has 8 heteroatoms. The van der Waals surface area contributed by atoms with Gasteiger partial charge in [0, 0.05) is 37.9 Å². The number of rotatable bonds is 5. The lowest BCUT2D eigenvalue weighted by atomic mass is 10.1. The average Bonchev–Trinajstić information content (AvgIpc) is 3.15. The number of nitrogens with one attached hydrogen (secondary N) is 1. The van der Waals surface area contributed by atoms with Crippen molar-refractivity contribution in [1.82, 2.24) is 9.88 Å². The number of pyridine rings is 1. The first-order valence-corrected chi connectivity index (χ1v) is 11.0. The molecule has 0 spiro atoms. The van der Waals surface area contributed by atoms with Crippen LogP contribution in [0.4, 0.5) is 11.5 Å². The largest absolute Gasteiger partial charge is 0.497 e. The number of carbonyl (C=O) groups is 2. The number of benzene rings is 2. The van der Waals surface area contributed by atoms with Gasteiger partial charge in [-0.15, -0.1) is 0 Å². The maximum absolute atomic E-state index is 13.4. The molecule has 1 fully saturated rings. The number of anilines is 2. The number of hydrogen-bond acceptors (Lipinski definition) is 6. The zero-order valence-corrected chi connectivity index (χ0v) is 18.9. The summed E-state index contributed by atoms with van der Waals surface area (Å²) in [7, 11) is 1.57. The number of para-hydroxylation sites is 1. The molecule has 2 aromatic carbocycles. The summed E-state index contributed by atoms with van der Waals surface area (Å²) in [5, 5.41) is 12.3. The second kappa shape index (κ2) is 10.5. The van der Waals surface area contributed by atoms with E-state index < -0.39 is 0 Å². The molecule has 0 atom stereocenters. The van der Waals surface area contributed by atoms with Gasteiger partial charge in [-0.1, -0.05) is 12.1 Å². The Morgan fingerprint density at radius 1 is 1.00 bits per heavy atom. The molecule has 1 saturated heterocycles. The van der Waals surface area contributed by atoms with Gasteiger partial charge in [0.25, 0.3) is 11.8 Å². The van der Waals surface area contributed by atoms with E-state index in [-0.39, 0.29) is 11.8 Å². The normalized spacial score (nSPS) is 13.5. The number of hydrogen-bond donors (Lipinski definition) is 1. The predicted molar refractivity (Wildman–Crippen MR) is 129 cm³/mol. The summed E-state index contributed by atoms with van der Waals surface area (Å²) in [6, 6.07) is 19.5. The molecule has 1 aliphatic heterocycles. The quantitative estimate of drug-likeness (QED) is 0.632. The molecule has 0 aliphatic carbocycles. The van der Waals surface area contributed by atoms with Crippen molar-refractivity contribution in [3.63, 3.8) is 0 Å². The Labute approximate surface area is 198 Å². The van der Waals surface area contributed by atoms with Crippen molar-refractivity contribution in [3.8, 4) is 11.8 Å². The SMILES string of the molecule is COc1ccc(C(=O)Nc2ccccc2C(=O)N2CCCN(c3ncccc3C#N)CC2)cc1. The number of carbonyl (C=O) groups excluding carboxylic acids is 2. The van der Waals surface area contributed by atoms with Crippen molar-refractivity contribution in [3.05, 3.63) is 83.6 Å². The number of ether oxygens (including phenoxy) is 1. The minimum absolute atomic E-state index is 0.144. The van der Waals surface area contributed by atoms with Crippen molar-refractivity contribution < 1.29 is 14.3 Å². The molecular formula is C26H25N5O3. The Balaban J connectivity index is 1.48. The van der Waals surface area contributed by atoms with Crippen LogP contribution in [0.25, 0.3) is 0 Å². The van der Waals surface area contributed by atoms with E-state index in [0.717, 1.165) is 6.42 Å². The molecule has 0 saturated carbocycles. The van der Waals surface area contributed by atoms with Gasteiger partial charge in [0.05, 0.1) is 23.9 Å². The standard InChI is InChI=1S/C26H25N5O3/c1-34-21-11-9-19(10-12-21)25(32)29-23-8-3-2-7-22(23)26(33)31-15-5-14-30(16-17-31)24-20(18-27)6-4-13-28-24/h2-4,6-13H,5,14-17H2,1H3,(H,29,32).